The Bertz CT molecular complexity index is 241. The van der Waals surface area contributed by atoms with E-state index in [1.165, 1.54) is 19.3 Å². The Kier molecular flexibility index (Phi) is 2.85. The predicted molar refractivity (Wildman–Crippen MR) is 62.9 cm³/mol. The van der Waals surface area contributed by atoms with Crippen molar-refractivity contribution in [2.75, 3.05) is 13.1 Å². The van der Waals surface area contributed by atoms with Crippen LogP contribution in [0.25, 0.3) is 0 Å². The highest BCUT2D eigenvalue weighted by Crippen LogP contribution is 2.44. The molecule has 1 N–H and O–H groups in total. The first-order valence-electron chi connectivity index (χ1n) is 6.39. The Morgan fingerprint density at radius 3 is 2.60 bits per heavy atom. The highest BCUT2D eigenvalue weighted by Gasteiger charge is 2.49. The van der Waals surface area contributed by atoms with Gasteiger partial charge in [0.2, 0.25) is 0 Å². The highest BCUT2D eigenvalue weighted by molar-refractivity contribution is 5.01. The van der Waals surface area contributed by atoms with Crippen LogP contribution in [0.1, 0.15) is 47.0 Å². The van der Waals surface area contributed by atoms with E-state index in [0.717, 1.165) is 13.1 Å². The van der Waals surface area contributed by atoms with Crippen LogP contribution >= 0.6 is 0 Å². The maximum atomic E-state index is 6.53. The van der Waals surface area contributed by atoms with E-state index in [-0.39, 0.29) is 11.2 Å². The molecular weight excluding hydrogens is 186 g/mol. The van der Waals surface area contributed by atoms with Gasteiger partial charge >= 0.3 is 0 Å². The molecular formula is C13H25NO. The molecule has 0 radical (unpaired) electrons. The molecule has 0 aromatic rings. The lowest BCUT2D eigenvalue weighted by Gasteiger charge is -2.49. The number of rotatable bonds is 1. The average Bonchev–Trinajstić information content (AvgIpc) is 2.48. The van der Waals surface area contributed by atoms with Crippen molar-refractivity contribution >= 4 is 0 Å². The normalized spacial score (nSPS) is 46.6. The fourth-order valence-corrected chi connectivity index (χ4v) is 3.01. The van der Waals surface area contributed by atoms with Crippen LogP contribution in [0.2, 0.25) is 0 Å². The summed E-state index contributed by atoms with van der Waals surface area (Å²) >= 11 is 0. The molecule has 0 aromatic heterocycles. The van der Waals surface area contributed by atoms with Crippen LogP contribution in [0.3, 0.4) is 0 Å². The largest absolute Gasteiger partial charge is 0.366 e. The van der Waals surface area contributed by atoms with E-state index in [4.69, 9.17) is 4.74 Å². The van der Waals surface area contributed by atoms with Gasteiger partial charge in [-0.15, -0.1) is 0 Å². The smallest absolute Gasteiger partial charge is 0.0839 e. The van der Waals surface area contributed by atoms with E-state index in [9.17, 15) is 0 Å². The zero-order chi connectivity index (χ0) is 11.1. The van der Waals surface area contributed by atoms with Crippen molar-refractivity contribution in [2.24, 2.45) is 11.8 Å². The lowest BCUT2D eigenvalue weighted by atomic mass is 9.84. The molecule has 1 spiro atoms. The number of nitrogens with one attached hydrogen (secondary N) is 1. The molecule has 2 nitrogen and oxygen atoms in total. The second kappa shape index (κ2) is 3.74. The summed E-state index contributed by atoms with van der Waals surface area (Å²) in [5.74, 6) is 1.29. The molecule has 2 fully saturated rings. The van der Waals surface area contributed by atoms with Gasteiger partial charge in [0, 0.05) is 13.1 Å². The minimum Gasteiger partial charge on any atom is -0.366 e. The molecule has 1 aliphatic carbocycles. The standard InChI is InChI=1S/C13H25NO/c1-10(2)12(4)8-14-9-13(15-12)7-5-6-11(13)3/h10-11,14H,5-9H2,1-4H3. The van der Waals surface area contributed by atoms with Crippen LogP contribution in [-0.2, 0) is 4.74 Å². The van der Waals surface area contributed by atoms with Gasteiger partial charge in [0.05, 0.1) is 11.2 Å². The monoisotopic (exact) mass is 211 g/mol. The first-order chi connectivity index (χ1) is 6.99. The third-order valence-electron chi connectivity index (χ3n) is 4.69. The van der Waals surface area contributed by atoms with Crippen LogP contribution in [-0.4, -0.2) is 24.3 Å². The molecule has 3 unspecified atom stereocenters. The van der Waals surface area contributed by atoms with Gasteiger partial charge in [-0.2, -0.15) is 0 Å². The minimum atomic E-state index is 0.0247. The van der Waals surface area contributed by atoms with Crippen molar-refractivity contribution in [1.82, 2.24) is 5.32 Å². The van der Waals surface area contributed by atoms with Crippen LogP contribution < -0.4 is 5.32 Å². The van der Waals surface area contributed by atoms with Gasteiger partial charge < -0.3 is 10.1 Å². The van der Waals surface area contributed by atoms with E-state index in [0.29, 0.717) is 11.8 Å². The second-order valence-corrected chi connectivity index (χ2v) is 6.03. The van der Waals surface area contributed by atoms with Crippen molar-refractivity contribution in [2.45, 2.75) is 58.2 Å². The SMILES string of the molecule is CC(C)C1(C)CNCC2(CCCC2C)O1. The fourth-order valence-electron chi connectivity index (χ4n) is 3.01. The molecule has 88 valence electrons. The molecule has 0 amide bonds. The lowest BCUT2D eigenvalue weighted by Crippen LogP contribution is -2.62. The van der Waals surface area contributed by atoms with Crippen LogP contribution in [0.15, 0.2) is 0 Å². The molecule has 2 heteroatoms. The molecule has 1 aliphatic heterocycles. The number of ether oxygens (including phenoxy) is 1. The van der Waals surface area contributed by atoms with Crippen LogP contribution in [0, 0.1) is 11.8 Å². The predicted octanol–water partition coefficient (Wildman–Crippen LogP) is 2.58. The molecule has 2 aliphatic rings. The van der Waals surface area contributed by atoms with Gasteiger partial charge in [0.15, 0.2) is 0 Å². The van der Waals surface area contributed by atoms with Crippen molar-refractivity contribution < 1.29 is 4.74 Å². The molecule has 0 bridgehead atoms. The van der Waals surface area contributed by atoms with Gasteiger partial charge in [-0.1, -0.05) is 27.2 Å². The third-order valence-corrected chi connectivity index (χ3v) is 4.69. The van der Waals surface area contributed by atoms with Crippen LogP contribution in [0.4, 0.5) is 0 Å². The number of morpholine rings is 1. The quantitative estimate of drug-likeness (QED) is 0.720. The Morgan fingerprint density at radius 1 is 1.33 bits per heavy atom. The van der Waals surface area contributed by atoms with Crippen molar-refractivity contribution in [3.8, 4) is 0 Å². The summed E-state index contributed by atoms with van der Waals surface area (Å²) in [4.78, 5) is 0. The van der Waals surface area contributed by atoms with E-state index >= 15 is 0 Å². The van der Waals surface area contributed by atoms with Gasteiger partial charge in [0.1, 0.15) is 0 Å². The zero-order valence-electron chi connectivity index (χ0n) is 10.6. The maximum Gasteiger partial charge on any atom is 0.0839 e. The zero-order valence-corrected chi connectivity index (χ0v) is 10.6. The number of hydrogen-bond acceptors (Lipinski definition) is 2. The summed E-state index contributed by atoms with van der Waals surface area (Å²) in [5.41, 5.74) is 0.161. The molecule has 1 saturated carbocycles. The minimum absolute atomic E-state index is 0.0247. The summed E-state index contributed by atoms with van der Waals surface area (Å²) in [6.45, 7) is 11.2. The number of hydrogen-bond donors (Lipinski definition) is 1. The fraction of sp³-hybridized carbons (Fsp3) is 1.00. The van der Waals surface area contributed by atoms with E-state index in [1.807, 2.05) is 0 Å². The molecule has 15 heavy (non-hydrogen) atoms. The van der Waals surface area contributed by atoms with Crippen molar-refractivity contribution in [1.29, 1.82) is 0 Å². The van der Waals surface area contributed by atoms with E-state index in [1.54, 1.807) is 0 Å². The van der Waals surface area contributed by atoms with Crippen molar-refractivity contribution in [3.05, 3.63) is 0 Å². The molecule has 0 aromatic carbocycles. The molecule has 1 saturated heterocycles. The van der Waals surface area contributed by atoms with Crippen molar-refractivity contribution in [3.63, 3.8) is 0 Å². The third kappa shape index (κ3) is 1.83. The van der Waals surface area contributed by atoms with Gasteiger partial charge in [-0.25, -0.2) is 0 Å². The van der Waals surface area contributed by atoms with E-state index < -0.39 is 0 Å². The summed E-state index contributed by atoms with van der Waals surface area (Å²) in [7, 11) is 0. The summed E-state index contributed by atoms with van der Waals surface area (Å²) in [6, 6.07) is 0. The first kappa shape index (κ1) is 11.4. The van der Waals surface area contributed by atoms with E-state index in [2.05, 4.69) is 33.0 Å². The molecule has 2 rings (SSSR count). The lowest BCUT2D eigenvalue weighted by molar-refractivity contribution is -0.200. The first-order valence-corrected chi connectivity index (χ1v) is 6.39. The van der Waals surface area contributed by atoms with Crippen LogP contribution in [0.5, 0.6) is 0 Å². The highest BCUT2D eigenvalue weighted by atomic mass is 16.5. The summed E-state index contributed by atoms with van der Waals surface area (Å²) in [5, 5.41) is 3.59. The maximum absolute atomic E-state index is 6.53. The molecule has 3 atom stereocenters. The Hall–Kier alpha value is -0.0800. The Labute approximate surface area is 93.8 Å². The summed E-state index contributed by atoms with van der Waals surface area (Å²) in [6.07, 6.45) is 3.90. The Balaban J connectivity index is 2.16. The Morgan fingerprint density at radius 2 is 2.07 bits per heavy atom. The topological polar surface area (TPSA) is 21.3 Å². The van der Waals surface area contributed by atoms with Gasteiger partial charge in [-0.3, -0.25) is 0 Å². The second-order valence-electron chi connectivity index (χ2n) is 6.03. The van der Waals surface area contributed by atoms with Gasteiger partial charge in [0.25, 0.3) is 0 Å². The summed E-state index contributed by atoms with van der Waals surface area (Å²) < 4.78 is 6.53. The average molecular weight is 211 g/mol. The van der Waals surface area contributed by atoms with Gasteiger partial charge in [-0.05, 0) is 31.6 Å². The molecule has 1 heterocycles.